The van der Waals surface area contributed by atoms with Gasteiger partial charge in [-0.2, -0.15) is 5.10 Å². The fraction of sp³-hybridized carbons (Fsp3) is 0.316. The lowest BCUT2D eigenvalue weighted by Gasteiger charge is -2.16. The first-order chi connectivity index (χ1) is 12.0. The quantitative estimate of drug-likeness (QED) is 0.781. The van der Waals surface area contributed by atoms with Crippen molar-refractivity contribution in [1.82, 2.24) is 14.6 Å². The molecule has 0 saturated carbocycles. The van der Waals surface area contributed by atoms with Crippen molar-refractivity contribution >= 4 is 11.6 Å². The van der Waals surface area contributed by atoms with Crippen molar-refractivity contribution in [2.75, 3.05) is 7.11 Å². The number of hydrogen-bond donors (Lipinski definition) is 1. The molecule has 6 nitrogen and oxygen atoms in total. The van der Waals surface area contributed by atoms with Crippen LogP contribution in [0.3, 0.4) is 0 Å². The molecule has 0 aliphatic carbocycles. The van der Waals surface area contributed by atoms with Crippen molar-refractivity contribution in [3.8, 4) is 11.3 Å². The molecule has 1 aromatic carbocycles. The number of carbonyl (C=O) groups is 1. The smallest absolute Gasteiger partial charge is 0.337 e. The van der Waals surface area contributed by atoms with Crippen LogP contribution in [0.2, 0.25) is 0 Å². The van der Waals surface area contributed by atoms with E-state index in [0.29, 0.717) is 22.6 Å². The molecule has 132 valence electrons. The maximum atomic E-state index is 11.4. The van der Waals surface area contributed by atoms with E-state index in [0.717, 1.165) is 11.3 Å². The second-order valence-corrected chi connectivity index (χ2v) is 5.32. The molecule has 3 aromatic rings. The van der Waals surface area contributed by atoms with Gasteiger partial charge in [0.05, 0.1) is 5.69 Å². The fourth-order valence-electron chi connectivity index (χ4n) is 2.78. The fourth-order valence-corrected chi connectivity index (χ4v) is 2.78. The summed E-state index contributed by atoms with van der Waals surface area (Å²) in [6.07, 6.45) is -1.06. The van der Waals surface area contributed by atoms with Crippen LogP contribution in [0.4, 0.5) is 0 Å². The highest BCUT2D eigenvalue weighted by molar-refractivity contribution is 5.75. The molecule has 0 radical (unpaired) electrons. The van der Waals surface area contributed by atoms with Gasteiger partial charge in [0.1, 0.15) is 0 Å². The minimum absolute atomic E-state index is 0.537. The highest BCUT2D eigenvalue weighted by Gasteiger charge is 2.26. The summed E-state index contributed by atoms with van der Waals surface area (Å²) in [6, 6.07) is 11.7. The summed E-state index contributed by atoms with van der Waals surface area (Å²) in [4.78, 5) is 15.9. The number of rotatable bonds is 4. The van der Waals surface area contributed by atoms with Crippen LogP contribution in [0, 0.1) is 13.8 Å². The Balaban J connectivity index is 0.00000109. The number of aryl methyl sites for hydroxylation is 2. The number of fused-ring (bicyclic) bond motifs is 1. The third-order valence-electron chi connectivity index (χ3n) is 3.86. The van der Waals surface area contributed by atoms with E-state index in [2.05, 4.69) is 10.1 Å². The van der Waals surface area contributed by atoms with E-state index in [9.17, 15) is 9.90 Å². The average molecular weight is 341 g/mol. The lowest BCUT2D eigenvalue weighted by molar-refractivity contribution is -0.149. The van der Waals surface area contributed by atoms with Gasteiger partial charge in [-0.05, 0) is 13.8 Å². The summed E-state index contributed by atoms with van der Waals surface area (Å²) in [7, 11) is 1.38. The van der Waals surface area contributed by atoms with Gasteiger partial charge >= 0.3 is 5.97 Å². The molecule has 0 amide bonds. The van der Waals surface area contributed by atoms with E-state index in [-0.39, 0.29) is 0 Å². The second kappa shape index (κ2) is 7.90. The number of hydrogen-bond acceptors (Lipinski definition) is 4. The zero-order chi connectivity index (χ0) is 18.6. The van der Waals surface area contributed by atoms with E-state index in [1.807, 2.05) is 57.2 Å². The van der Waals surface area contributed by atoms with Crippen molar-refractivity contribution in [3.05, 3.63) is 53.3 Å². The van der Waals surface area contributed by atoms with Crippen molar-refractivity contribution in [2.24, 2.45) is 0 Å². The standard InChI is InChI=1S/C17H17N3O3.C2H6/c1-10-15(16(23-3)17(21)22)11(2)20-14(18-10)9-13(19-20)12-7-5-4-6-8-12;1-2/h4-9,16H,1-3H3,(H,21,22);1-2H3. The van der Waals surface area contributed by atoms with Crippen molar-refractivity contribution in [2.45, 2.75) is 33.8 Å². The third kappa shape index (κ3) is 3.53. The van der Waals surface area contributed by atoms with Gasteiger partial charge in [-0.3, -0.25) is 0 Å². The summed E-state index contributed by atoms with van der Waals surface area (Å²) >= 11 is 0. The van der Waals surface area contributed by atoms with E-state index in [4.69, 9.17) is 4.74 Å². The van der Waals surface area contributed by atoms with Crippen LogP contribution in [0.5, 0.6) is 0 Å². The Morgan fingerprint density at radius 3 is 2.40 bits per heavy atom. The van der Waals surface area contributed by atoms with Gasteiger partial charge in [0.15, 0.2) is 11.8 Å². The Morgan fingerprint density at radius 2 is 1.84 bits per heavy atom. The molecule has 25 heavy (non-hydrogen) atoms. The van der Waals surface area contributed by atoms with Crippen LogP contribution >= 0.6 is 0 Å². The van der Waals surface area contributed by atoms with Gasteiger partial charge in [0.25, 0.3) is 0 Å². The molecular weight excluding hydrogens is 318 g/mol. The highest BCUT2D eigenvalue weighted by Crippen LogP contribution is 2.26. The largest absolute Gasteiger partial charge is 0.479 e. The highest BCUT2D eigenvalue weighted by atomic mass is 16.5. The first-order valence-electron chi connectivity index (χ1n) is 8.21. The van der Waals surface area contributed by atoms with Crippen LogP contribution in [-0.2, 0) is 9.53 Å². The van der Waals surface area contributed by atoms with Crippen molar-refractivity contribution in [1.29, 1.82) is 0 Å². The van der Waals surface area contributed by atoms with Crippen molar-refractivity contribution < 1.29 is 14.6 Å². The molecule has 0 bridgehead atoms. The minimum Gasteiger partial charge on any atom is -0.479 e. The Bertz CT molecular complexity index is 873. The monoisotopic (exact) mass is 341 g/mol. The van der Waals surface area contributed by atoms with Crippen LogP contribution in [-0.4, -0.2) is 32.8 Å². The predicted octanol–water partition coefficient (Wildman–Crippen LogP) is 3.81. The molecule has 0 spiro atoms. The van der Waals surface area contributed by atoms with Crippen LogP contribution in [0.1, 0.15) is 36.9 Å². The van der Waals surface area contributed by atoms with Gasteiger partial charge in [0, 0.05) is 35.7 Å². The molecule has 1 atom stereocenters. The normalized spacial score (nSPS) is 11.7. The van der Waals surface area contributed by atoms with Gasteiger partial charge in [-0.1, -0.05) is 44.2 Å². The van der Waals surface area contributed by atoms with Crippen molar-refractivity contribution in [3.63, 3.8) is 0 Å². The molecule has 3 rings (SSSR count). The molecule has 2 aromatic heterocycles. The van der Waals surface area contributed by atoms with E-state index >= 15 is 0 Å². The first-order valence-corrected chi connectivity index (χ1v) is 8.21. The third-order valence-corrected chi connectivity index (χ3v) is 3.86. The molecule has 0 saturated heterocycles. The lowest BCUT2D eigenvalue weighted by Crippen LogP contribution is -2.18. The van der Waals surface area contributed by atoms with E-state index < -0.39 is 12.1 Å². The second-order valence-electron chi connectivity index (χ2n) is 5.32. The number of benzene rings is 1. The molecule has 1 N–H and O–H groups in total. The number of ether oxygens (including phenoxy) is 1. The Morgan fingerprint density at radius 1 is 1.20 bits per heavy atom. The maximum absolute atomic E-state index is 11.4. The first kappa shape index (κ1) is 18.6. The average Bonchev–Trinajstić information content (AvgIpc) is 3.05. The summed E-state index contributed by atoms with van der Waals surface area (Å²) < 4.78 is 6.79. The summed E-state index contributed by atoms with van der Waals surface area (Å²) in [6.45, 7) is 7.61. The number of carboxylic acid groups (broad SMARTS) is 1. The van der Waals surface area contributed by atoms with Gasteiger partial charge in [0.2, 0.25) is 0 Å². The molecular formula is C19H23N3O3. The number of methoxy groups -OCH3 is 1. The zero-order valence-corrected chi connectivity index (χ0v) is 15.1. The van der Waals surface area contributed by atoms with Crippen LogP contribution < -0.4 is 0 Å². The SMILES string of the molecule is CC.COC(C(=O)O)c1c(C)nc2cc(-c3ccccc3)nn2c1C. The number of carboxylic acids is 1. The Labute approximate surface area is 147 Å². The Hall–Kier alpha value is -2.73. The zero-order valence-electron chi connectivity index (χ0n) is 15.1. The number of aromatic nitrogens is 3. The minimum atomic E-state index is -1.06. The predicted molar refractivity (Wildman–Crippen MR) is 96.6 cm³/mol. The summed E-state index contributed by atoms with van der Waals surface area (Å²) in [5, 5.41) is 13.9. The van der Waals surface area contributed by atoms with Gasteiger partial charge in [-0.25, -0.2) is 14.3 Å². The lowest BCUT2D eigenvalue weighted by atomic mass is 10.1. The molecule has 0 aliphatic heterocycles. The van der Waals surface area contributed by atoms with Crippen LogP contribution in [0.25, 0.3) is 16.9 Å². The van der Waals surface area contributed by atoms with Gasteiger partial charge in [-0.15, -0.1) is 0 Å². The molecule has 1 unspecified atom stereocenters. The van der Waals surface area contributed by atoms with E-state index in [1.165, 1.54) is 7.11 Å². The topological polar surface area (TPSA) is 76.7 Å². The summed E-state index contributed by atoms with van der Waals surface area (Å²) in [5.41, 5.74) is 4.34. The number of aliphatic carboxylic acids is 1. The maximum Gasteiger partial charge on any atom is 0.337 e. The summed E-state index contributed by atoms with van der Waals surface area (Å²) in [5.74, 6) is -1.05. The van der Waals surface area contributed by atoms with Gasteiger partial charge < -0.3 is 9.84 Å². The molecule has 2 heterocycles. The Kier molecular flexibility index (Phi) is 5.88. The number of nitrogens with zero attached hydrogens (tertiary/aromatic N) is 3. The molecule has 0 aliphatic rings. The molecule has 0 fully saturated rings. The van der Waals surface area contributed by atoms with E-state index in [1.54, 1.807) is 11.4 Å². The molecule has 6 heteroatoms. The van der Waals surface area contributed by atoms with Crippen LogP contribution in [0.15, 0.2) is 36.4 Å².